The van der Waals surface area contributed by atoms with Crippen molar-refractivity contribution in [3.05, 3.63) is 39.3 Å². The number of anilines is 1. The molecule has 0 unspecified atom stereocenters. The van der Waals surface area contributed by atoms with Gasteiger partial charge in [-0.1, -0.05) is 6.92 Å². The summed E-state index contributed by atoms with van der Waals surface area (Å²) in [7, 11) is 0. The minimum Gasteiger partial charge on any atom is -0.369 e. The second-order valence-corrected chi connectivity index (χ2v) is 8.97. The SMILES string of the molecule is CCc1cnc(N2CCC3(CC2)OCCc2cc(C(=O)NC(C)C)sc23)nc1. The smallest absolute Gasteiger partial charge is 0.261 e. The summed E-state index contributed by atoms with van der Waals surface area (Å²) >= 11 is 1.61. The minimum atomic E-state index is -0.269. The second-order valence-electron chi connectivity index (χ2n) is 7.92. The number of carbonyl (C=O) groups excluding carboxylic acids is 1. The number of nitrogens with zero attached hydrogens (tertiary/aromatic N) is 3. The Hall–Kier alpha value is -1.99. The zero-order chi connectivity index (χ0) is 19.7. The number of hydrogen-bond donors (Lipinski definition) is 1. The first kappa shape index (κ1) is 19.3. The predicted molar refractivity (Wildman–Crippen MR) is 111 cm³/mol. The van der Waals surface area contributed by atoms with E-state index in [1.54, 1.807) is 11.3 Å². The number of thiophene rings is 1. The van der Waals surface area contributed by atoms with Crippen molar-refractivity contribution in [2.24, 2.45) is 0 Å². The van der Waals surface area contributed by atoms with Crippen molar-refractivity contribution in [3.63, 3.8) is 0 Å². The molecule has 2 aromatic heterocycles. The fourth-order valence-corrected chi connectivity index (χ4v) is 5.31. The third kappa shape index (κ3) is 3.65. The number of ether oxygens (including phenoxy) is 1. The molecule has 0 aliphatic carbocycles. The molecule has 7 heteroatoms. The quantitative estimate of drug-likeness (QED) is 0.853. The molecule has 2 aliphatic heterocycles. The van der Waals surface area contributed by atoms with Crippen LogP contribution in [0.3, 0.4) is 0 Å². The standard InChI is InChI=1S/C21H28N4O2S/c1-4-15-12-22-20(23-13-15)25-8-6-21(7-9-25)18-16(5-10-27-21)11-17(28-18)19(26)24-14(2)3/h11-14H,4-10H2,1-3H3,(H,24,26). The van der Waals surface area contributed by atoms with Gasteiger partial charge in [-0.15, -0.1) is 11.3 Å². The molecule has 150 valence electrons. The van der Waals surface area contributed by atoms with E-state index >= 15 is 0 Å². The highest BCUT2D eigenvalue weighted by atomic mass is 32.1. The van der Waals surface area contributed by atoms with Gasteiger partial charge in [0.1, 0.15) is 5.60 Å². The summed E-state index contributed by atoms with van der Waals surface area (Å²) < 4.78 is 6.34. The van der Waals surface area contributed by atoms with E-state index in [0.717, 1.165) is 61.8 Å². The molecule has 2 aliphatic rings. The highest BCUT2D eigenvalue weighted by Gasteiger charge is 2.43. The Bertz CT molecular complexity index is 839. The summed E-state index contributed by atoms with van der Waals surface area (Å²) in [4.78, 5) is 25.8. The molecule has 4 heterocycles. The number of hydrogen-bond acceptors (Lipinski definition) is 6. The van der Waals surface area contributed by atoms with Gasteiger partial charge in [-0.25, -0.2) is 9.97 Å². The number of carbonyl (C=O) groups is 1. The molecule has 1 N–H and O–H groups in total. The maximum absolute atomic E-state index is 12.5. The van der Waals surface area contributed by atoms with Gasteiger partial charge in [0.15, 0.2) is 0 Å². The van der Waals surface area contributed by atoms with E-state index in [4.69, 9.17) is 4.74 Å². The van der Waals surface area contributed by atoms with Gasteiger partial charge in [0.05, 0.1) is 11.5 Å². The molecule has 1 amide bonds. The van der Waals surface area contributed by atoms with E-state index in [1.165, 1.54) is 10.4 Å². The summed E-state index contributed by atoms with van der Waals surface area (Å²) in [6.45, 7) is 8.52. The van der Waals surface area contributed by atoms with E-state index in [0.29, 0.717) is 0 Å². The van der Waals surface area contributed by atoms with Crippen molar-refractivity contribution in [2.75, 3.05) is 24.6 Å². The predicted octanol–water partition coefficient (Wildman–Crippen LogP) is 3.31. The first-order valence-corrected chi connectivity index (χ1v) is 11.0. The topological polar surface area (TPSA) is 67.4 Å². The first-order chi connectivity index (χ1) is 13.5. The zero-order valence-corrected chi connectivity index (χ0v) is 17.6. The average Bonchev–Trinajstić information content (AvgIpc) is 3.15. The van der Waals surface area contributed by atoms with Crippen molar-refractivity contribution in [1.82, 2.24) is 15.3 Å². The molecule has 4 rings (SSSR count). The lowest BCUT2D eigenvalue weighted by atomic mass is 9.85. The van der Waals surface area contributed by atoms with Crippen molar-refractivity contribution in [2.45, 2.75) is 58.1 Å². The van der Waals surface area contributed by atoms with E-state index in [1.807, 2.05) is 26.2 Å². The molecule has 1 saturated heterocycles. The lowest BCUT2D eigenvalue weighted by Gasteiger charge is -2.43. The minimum absolute atomic E-state index is 0.0198. The molecule has 6 nitrogen and oxygen atoms in total. The highest BCUT2D eigenvalue weighted by Crippen LogP contribution is 2.45. The van der Waals surface area contributed by atoms with Crippen LogP contribution in [0.25, 0.3) is 0 Å². The average molecular weight is 401 g/mol. The Morgan fingerprint density at radius 1 is 1.32 bits per heavy atom. The molecule has 1 spiro atoms. The zero-order valence-electron chi connectivity index (χ0n) is 16.8. The van der Waals surface area contributed by atoms with Crippen molar-refractivity contribution < 1.29 is 9.53 Å². The summed E-state index contributed by atoms with van der Waals surface area (Å²) in [5, 5.41) is 3.00. The van der Waals surface area contributed by atoms with Crippen LogP contribution < -0.4 is 10.2 Å². The lowest BCUT2D eigenvalue weighted by molar-refractivity contribution is -0.0736. The molecule has 28 heavy (non-hydrogen) atoms. The largest absolute Gasteiger partial charge is 0.369 e. The van der Waals surface area contributed by atoms with Crippen LogP contribution in [-0.2, 0) is 23.2 Å². The number of nitrogens with one attached hydrogen (secondary N) is 1. The number of amides is 1. The number of aryl methyl sites for hydroxylation is 1. The van der Waals surface area contributed by atoms with E-state index in [2.05, 4.69) is 33.2 Å². The maximum atomic E-state index is 12.5. The Morgan fingerprint density at radius 3 is 2.68 bits per heavy atom. The van der Waals surface area contributed by atoms with Crippen molar-refractivity contribution >= 4 is 23.2 Å². The monoisotopic (exact) mass is 400 g/mol. The normalized spacial score (nSPS) is 18.4. The van der Waals surface area contributed by atoms with Crippen LogP contribution in [0.1, 0.15) is 59.3 Å². The van der Waals surface area contributed by atoms with E-state index < -0.39 is 0 Å². The van der Waals surface area contributed by atoms with E-state index in [9.17, 15) is 4.79 Å². The molecular formula is C21H28N4O2S. The van der Waals surface area contributed by atoms with Gasteiger partial charge in [0.25, 0.3) is 5.91 Å². The molecule has 0 radical (unpaired) electrons. The highest BCUT2D eigenvalue weighted by molar-refractivity contribution is 7.14. The molecular weight excluding hydrogens is 372 g/mol. The number of rotatable bonds is 4. The fraction of sp³-hybridized carbons (Fsp3) is 0.571. The van der Waals surface area contributed by atoms with Crippen LogP contribution in [0, 0.1) is 0 Å². The Kier molecular flexibility index (Phi) is 5.38. The van der Waals surface area contributed by atoms with Crippen LogP contribution in [-0.4, -0.2) is 41.6 Å². The van der Waals surface area contributed by atoms with Crippen molar-refractivity contribution in [3.8, 4) is 0 Å². The summed E-state index contributed by atoms with van der Waals surface area (Å²) in [6, 6.07) is 2.21. The van der Waals surface area contributed by atoms with Crippen molar-refractivity contribution in [1.29, 1.82) is 0 Å². The van der Waals surface area contributed by atoms with Gasteiger partial charge < -0.3 is 15.0 Å². The van der Waals surface area contributed by atoms with Gasteiger partial charge >= 0.3 is 0 Å². The van der Waals surface area contributed by atoms with Gasteiger partial charge in [-0.3, -0.25) is 4.79 Å². The fourth-order valence-electron chi connectivity index (χ4n) is 4.00. The Labute approximate surface area is 170 Å². The Morgan fingerprint density at radius 2 is 2.04 bits per heavy atom. The molecule has 0 aromatic carbocycles. The molecule has 1 fully saturated rings. The second kappa shape index (κ2) is 7.79. The van der Waals surface area contributed by atoms with Crippen LogP contribution in [0.2, 0.25) is 0 Å². The number of piperidine rings is 1. The van der Waals surface area contributed by atoms with Crippen LogP contribution >= 0.6 is 11.3 Å². The number of fused-ring (bicyclic) bond motifs is 2. The molecule has 0 saturated carbocycles. The third-order valence-corrected chi connectivity index (χ3v) is 6.93. The van der Waals surface area contributed by atoms with Gasteiger partial charge in [-0.2, -0.15) is 0 Å². The summed E-state index contributed by atoms with van der Waals surface area (Å²) in [6.07, 6.45) is 7.45. The maximum Gasteiger partial charge on any atom is 0.261 e. The van der Waals surface area contributed by atoms with Gasteiger partial charge in [0, 0.05) is 36.4 Å². The number of aromatic nitrogens is 2. The van der Waals surface area contributed by atoms with Crippen LogP contribution in [0.4, 0.5) is 5.95 Å². The third-order valence-electron chi connectivity index (χ3n) is 5.57. The molecule has 2 aromatic rings. The van der Waals surface area contributed by atoms with Crippen LogP contribution in [0.5, 0.6) is 0 Å². The van der Waals surface area contributed by atoms with Gasteiger partial charge in [0.2, 0.25) is 5.95 Å². The first-order valence-electron chi connectivity index (χ1n) is 10.1. The van der Waals surface area contributed by atoms with Gasteiger partial charge in [-0.05, 0) is 56.7 Å². The van der Waals surface area contributed by atoms with Crippen LogP contribution in [0.15, 0.2) is 18.5 Å². The molecule has 0 bridgehead atoms. The Balaban J connectivity index is 1.51. The van der Waals surface area contributed by atoms with E-state index in [-0.39, 0.29) is 17.6 Å². The lowest BCUT2D eigenvalue weighted by Crippen LogP contribution is -2.46. The molecule has 0 atom stereocenters. The summed E-state index contributed by atoms with van der Waals surface area (Å²) in [5.41, 5.74) is 2.17. The summed E-state index contributed by atoms with van der Waals surface area (Å²) in [5.74, 6) is 0.817.